The summed E-state index contributed by atoms with van der Waals surface area (Å²) in [6, 6.07) is 5.76. The van der Waals surface area contributed by atoms with Gasteiger partial charge in [0.25, 0.3) is 0 Å². The highest BCUT2D eigenvalue weighted by Gasteiger charge is 2.61. The van der Waals surface area contributed by atoms with Gasteiger partial charge >= 0.3 is 6.03 Å². The van der Waals surface area contributed by atoms with Gasteiger partial charge < -0.3 is 15.0 Å². The maximum atomic E-state index is 13.2. The van der Waals surface area contributed by atoms with E-state index in [-0.39, 0.29) is 25.1 Å². The molecule has 7 heteroatoms. The molecule has 2 heterocycles. The monoisotopic (exact) mass is 400 g/mol. The van der Waals surface area contributed by atoms with Crippen molar-refractivity contribution in [2.24, 2.45) is 5.92 Å². The summed E-state index contributed by atoms with van der Waals surface area (Å²) in [6.07, 6.45) is 5.23. The minimum Gasteiger partial charge on any atom is -0.379 e. The zero-order valence-corrected chi connectivity index (χ0v) is 17.3. The number of ether oxygens (including phenoxy) is 1. The van der Waals surface area contributed by atoms with Gasteiger partial charge in [0, 0.05) is 25.8 Å². The molecule has 2 aliphatic rings. The molecule has 1 N–H and O–H groups in total. The van der Waals surface area contributed by atoms with Gasteiger partial charge in [-0.3, -0.25) is 0 Å². The van der Waals surface area contributed by atoms with Crippen LogP contribution in [-0.2, 0) is 4.74 Å². The molecule has 1 aromatic carbocycles. The van der Waals surface area contributed by atoms with E-state index >= 15 is 0 Å². The number of aromatic nitrogens is 2. The average molecular weight is 400 g/mol. The molecule has 4 atom stereocenters. The fraction of sp³-hybridized carbons (Fsp3) is 0.500. The molecule has 2 fully saturated rings. The van der Waals surface area contributed by atoms with E-state index < -0.39 is 5.82 Å². The molecule has 4 rings (SSSR count). The number of fused-ring (bicyclic) bond motifs is 2. The van der Waals surface area contributed by atoms with Gasteiger partial charge in [0.2, 0.25) is 0 Å². The maximum Gasteiger partial charge on any atom is 0.322 e. The number of hydrogen-bond donors (Lipinski definition) is 1. The lowest BCUT2D eigenvalue weighted by Crippen LogP contribution is -2.76. The molecule has 1 saturated heterocycles. The Bertz CT molecular complexity index is 926. The number of benzene rings is 1. The van der Waals surface area contributed by atoms with Crippen LogP contribution in [0.5, 0.6) is 0 Å². The summed E-state index contributed by atoms with van der Waals surface area (Å²) in [7, 11) is 1.71. The van der Waals surface area contributed by atoms with Crippen molar-refractivity contribution in [3.8, 4) is 11.4 Å². The molecule has 1 aliphatic carbocycles. The van der Waals surface area contributed by atoms with Crippen LogP contribution in [0.3, 0.4) is 0 Å². The number of methoxy groups -OCH3 is 1. The second-order valence-electron chi connectivity index (χ2n) is 8.44. The van der Waals surface area contributed by atoms with Crippen molar-refractivity contribution < 1.29 is 15.3 Å². The van der Waals surface area contributed by atoms with Crippen LogP contribution in [0.1, 0.15) is 40.1 Å². The van der Waals surface area contributed by atoms with Crippen molar-refractivity contribution in [3.63, 3.8) is 0 Å². The molecule has 29 heavy (non-hydrogen) atoms. The van der Waals surface area contributed by atoms with E-state index in [0.717, 1.165) is 42.8 Å². The highest BCUT2D eigenvalue weighted by molar-refractivity contribution is 5.92. The molecule has 1 aromatic heterocycles. The van der Waals surface area contributed by atoms with Crippen molar-refractivity contribution in [1.82, 2.24) is 14.9 Å². The van der Waals surface area contributed by atoms with Gasteiger partial charge in [-0.15, -0.1) is 0 Å². The van der Waals surface area contributed by atoms with Crippen LogP contribution >= 0.6 is 0 Å². The van der Waals surface area contributed by atoms with Crippen molar-refractivity contribution in [2.45, 2.75) is 57.7 Å². The van der Waals surface area contributed by atoms with Gasteiger partial charge in [-0.1, -0.05) is 13.0 Å². The molecule has 6 nitrogen and oxygen atoms in total. The third-order valence-electron chi connectivity index (χ3n) is 6.49. The van der Waals surface area contributed by atoms with Crippen LogP contribution in [-0.4, -0.2) is 45.7 Å². The maximum absolute atomic E-state index is 13.2. The molecule has 1 aliphatic heterocycles. The highest BCUT2D eigenvalue weighted by atomic mass is 19.1. The van der Waals surface area contributed by atoms with E-state index in [1.54, 1.807) is 7.11 Å². The second kappa shape index (κ2) is 7.37. The van der Waals surface area contributed by atoms with Crippen LogP contribution in [0.4, 0.5) is 14.9 Å². The summed E-state index contributed by atoms with van der Waals surface area (Å²) in [5.74, 6) is 0.531. The number of urea groups is 1. The molecule has 4 unspecified atom stereocenters. The molecule has 0 radical (unpaired) electrons. The lowest BCUT2D eigenvalue weighted by molar-refractivity contribution is -0.155. The lowest BCUT2D eigenvalue weighted by atomic mass is 9.62. The molecular weight excluding hydrogens is 371 g/mol. The third-order valence-corrected chi connectivity index (χ3v) is 6.49. The Kier molecular flexibility index (Phi) is 5.02. The third kappa shape index (κ3) is 3.37. The normalized spacial score (nSPS) is 26.6. The van der Waals surface area contributed by atoms with Gasteiger partial charge in [0.1, 0.15) is 0 Å². The highest BCUT2D eigenvalue weighted by Crippen LogP contribution is 2.52. The average Bonchev–Trinajstić information content (AvgIpc) is 2.68. The molecule has 2 amide bonds. The Labute approximate surface area is 172 Å². The number of nitrogens with one attached hydrogen (secondary N) is 1. The van der Waals surface area contributed by atoms with E-state index in [1.165, 1.54) is 0 Å². The van der Waals surface area contributed by atoms with E-state index in [4.69, 9.17) is 4.74 Å². The smallest absolute Gasteiger partial charge is 0.322 e. The van der Waals surface area contributed by atoms with E-state index in [0.29, 0.717) is 17.4 Å². The number of halogens is 1. The quantitative estimate of drug-likeness (QED) is 0.811. The fourth-order valence-corrected chi connectivity index (χ4v) is 5.06. The Morgan fingerprint density at radius 3 is 2.79 bits per heavy atom. The predicted octanol–water partition coefficient (Wildman–Crippen LogP) is 4.65. The van der Waals surface area contributed by atoms with Crippen molar-refractivity contribution >= 4 is 11.7 Å². The molecule has 1 saturated carbocycles. The van der Waals surface area contributed by atoms with Crippen LogP contribution in [0.25, 0.3) is 11.4 Å². The number of likely N-dealkylation sites (tertiary alicyclic amines) is 1. The van der Waals surface area contributed by atoms with Crippen molar-refractivity contribution in [1.29, 1.82) is 0 Å². The second-order valence-corrected chi connectivity index (χ2v) is 8.44. The summed E-state index contributed by atoms with van der Waals surface area (Å²) < 4.78 is 18.8. The zero-order valence-electron chi connectivity index (χ0n) is 17.3. The van der Waals surface area contributed by atoms with E-state index in [2.05, 4.69) is 22.2 Å². The van der Waals surface area contributed by atoms with Gasteiger partial charge in [0.05, 0.1) is 24.0 Å². The van der Waals surface area contributed by atoms with E-state index in [1.807, 2.05) is 36.9 Å². The number of anilines is 1. The van der Waals surface area contributed by atoms with Gasteiger partial charge in [-0.05, 0) is 56.7 Å². The van der Waals surface area contributed by atoms with Crippen LogP contribution in [0.2, 0.25) is 0 Å². The van der Waals surface area contributed by atoms with Crippen molar-refractivity contribution in [2.75, 3.05) is 12.4 Å². The summed E-state index contributed by atoms with van der Waals surface area (Å²) in [5.41, 5.74) is 2.14. The standard InChI is InChI=1S/C22H27FN4O2.H2/c1-13-7-18-10-22(9-13,15(3)29-4)27(18)21(28)26-17-6-5-14(2)19(8-17)20-24-11-16(23)12-25-20;/h5-6,8,11-13,15,18H,7,9-10H2,1-4H3,(H,26,28);1H. The SMILES string of the molecule is COC(C)C12CC(C)CC(C1)N2C(=O)Nc1ccc(C)c(-c2ncc(F)cn2)c1.[HH]. The Hall–Kier alpha value is -2.54. The lowest BCUT2D eigenvalue weighted by Gasteiger charge is -2.65. The number of rotatable bonds is 4. The molecule has 0 spiro atoms. The van der Waals surface area contributed by atoms with Gasteiger partial charge in [-0.2, -0.15) is 0 Å². The summed E-state index contributed by atoms with van der Waals surface area (Å²) in [4.78, 5) is 23.3. The van der Waals surface area contributed by atoms with Gasteiger partial charge in [-0.25, -0.2) is 19.2 Å². The number of carbonyl (C=O) groups is 1. The van der Waals surface area contributed by atoms with Crippen LogP contribution < -0.4 is 5.32 Å². The number of hydrogen-bond acceptors (Lipinski definition) is 4. The summed E-state index contributed by atoms with van der Waals surface area (Å²) >= 11 is 0. The predicted molar refractivity (Wildman–Crippen MR) is 111 cm³/mol. The number of nitrogens with zero attached hydrogens (tertiary/aromatic N) is 3. The van der Waals surface area contributed by atoms with Gasteiger partial charge in [0.15, 0.2) is 11.6 Å². The minimum absolute atomic E-state index is 0. The zero-order chi connectivity index (χ0) is 20.8. The largest absolute Gasteiger partial charge is 0.379 e. The summed E-state index contributed by atoms with van der Waals surface area (Å²) in [5, 5.41) is 3.04. The number of carbonyl (C=O) groups excluding carboxylic acids is 1. The Balaban J connectivity index is 0.00000256. The van der Waals surface area contributed by atoms with Crippen molar-refractivity contribution in [3.05, 3.63) is 42.0 Å². The first-order valence-electron chi connectivity index (χ1n) is 10.1. The number of amides is 2. The Morgan fingerprint density at radius 2 is 2.10 bits per heavy atom. The first kappa shape index (κ1) is 19.8. The van der Waals surface area contributed by atoms with Crippen LogP contribution in [0, 0.1) is 18.7 Å². The molecular formula is C22H29FN4O2. The molecule has 2 bridgehead atoms. The summed E-state index contributed by atoms with van der Waals surface area (Å²) in [6.45, 7) is 6.22. The minimum atomic E-state index is -0.480. The number of piperidine rings is 1. The molecule has 156 valence electrons. The Morgan fingerprint density at radius 1 is 1.38 bits per heavy atom. The first-order valence-corrected chi connectivity index (χ1v) is 10.1. The van der Waals surface area contributed by atoms with Crippen LogP contribution in [0.15, 0.2) is 30.6 Å². The molecule has 2 aromatic rings. The van der Waals surface area contributed by atoms with E-state index in [9.17, 15) is 9.18 Å². The topological polar surface area (TPSA) is 67.3 Å². The first-order chi connectivity index (χ1) is 13.8. The number of aryl methyl sites for hydroxylation is 1. The fourth-order valence-electron chi connectivity index (χ4n) is 5.06.